The van der Waals surface area contributed by atoms with E-state index in [9.17, 15) is 10.0 Å². The van der Waals surface area contributed by atoms with Crippen molar-refractivity contribution in [2.75, 3.05) is 18.9 Å². The van der Waals surface area contributed by atoms with Gasteiger partial charge in [-0.05, 0) is 17.7 Å². The minimum atomic E-state index is -0.905. The number of nitrogen functional groups attached to an aromatic ring is 1. The molecular formula is C20H21N6O3+. The Morgan fingerprint density at radius 3 is 2.52 bits per heavy atom. The Kier molecular flexibility index (Phi) is 6.35. The SMILES string of the molecule is N=C(c1nc(-c2ccc(C(O)NCCO)cc2)cnc1N)[N+](=O)c1ccccc1. The van der Waals surface area contributed by atoms with Crippen LogP contribution in [0.25, 0.3) is 11.3 Å². The van der Waals surface area contributed by atoms with Crippen molar-refractivity contribution in [3.63, 3.8) is 0 Å². The molecule has 29 heavy (non-hydrogen) atoms. The number of nitrogens with zero attached hydrogens (tertiary/aromatic N) is 3. The maximum absolute atomic E-state index is 12.5. The van der Waals surface area contributed by atoms with Crippen LogP contribution < -0.4 is 11.1 Å². The fourth-order valence-electron chi connectivity index (χ4n) is 2.66. The molecule has 1 aromatic heterocycles. The van der Waals surface area contributed by atoms with E-state index < -0.39 is 12.1 Å². The molecule has 1 heterocycles. The zero-order valence-corrected chi connectivity index (χ0v) is 15.5. The van der Waals surface area contributed by atoms with E-state index in [2.05, 4.69) is 15.3 Å². The third-order valence-corrected chi connectivity index (χ3v) is 4.19. The zero-order chi connectivity index (χ0) is 20.8. The van der Waals surface area contributed by atoms with Gasteiger partial charge in [0.2, 0.25) is 5.69 Å². The molecule has 0 fully saturated rings. The van der Waals surface area contributed by atoms with Gasteiger partial charge in [-0.25, -0.2) is 9.97 Å². The number of nitrogens with one attached hydrogen (secondary N) is 2. The summed E-state index contributed by atoms with van der Waals surface area (Å²) in [6, 6.07) is 15.2. The van der Waals surface area contributed by atoms with Gasteiger partial charge in [0.25, 0.3) is 0 Å². The number of hydrogen-bond donors (Lipinski definition) is 5. The van der Waals surface area contributed by atoms with Crippen molar-refractivity contribution in [3.8, 4) is 11.3 Å². The Morgan fingerprint density at radius 2 is 1.86 bits per heavy atom. The molecule has 9 nitrogen and oxygen atoms in total. The number of aromatic nitrogens is 2. The van der Waals surface area contributed by atoms with Crippen LogP contribution in [-0.2, 0) is 0 Å². The number of nitrogens with two attached hydrogens (primary N) is 1. The molecule has 148 valence electrons. The van der Waals surface area contributed by atoms with Gasteiger partial charge in [0.05, 0.1) is 18.5 Å². The molecule has 3 rings (SSSR count). The Morgan fingerprint density at radius 1 is 1.17 bits per heavy atom. The van der Waals surface area contributed by atoms with Crippen LogP contribution >= 0.6 is 0 Å². The number of rotatable bonds is 7. The minimum Gasteiger partial charge on any atom is -0.395 e. The number of anilines is 1. The summed E-state index contributed by atoms with van der Waals surface area (Å²) in [5.41, 5.74) is 7.86. The van der Waals surface area contributed by atoms with Gasteiger partial charge < -0.3 is 15.9 Å². The number of hydrogen-bond acceptors (Lipinski definition) is 8. The molecule has 0 aliphatic rings. The largest absolute Gasteiger partial charge is 0.395 e. The number of aliphatic hydroxyl groups is 2. The van der Waals surface area contributed by atoms with Crippen molar-refractivity contribution >= 4 is 17.3 Å². The van der Waals surface area contributed by atoms with Crippen LogP contribution in [0.15, 0.2) is 60.8 Å². The first-order valence-corrected chi connectivity index (χ1v) is 8.87. The standard InChI is InChI=1S/C20H21N6O3/c21-18-17(19(22)26(29)15-4-2-1-3-5-15)25-16(12-24-18)13-6-8-14(9-7-13)20(28)23-10-11-27/h1-9,12,20,22-23,27-28H,10-11H2,(H2,21,24)/q+1. The number of para-hydroxylation sites is 1. The lowest BCUT2D eigenvalue weighted by molar-refractivity contribution is -0.331. The molecular weight excluding hydrogens is 372 g/mol. The molecule has 0 amide bonds. The average molecular weight is 393 g/mol. The number of nitroso groups, excluding NO2 is 1. The average Bonchev–Trinajstić information content (AvgIpc) is 2.77. The summed E-state index contributed by atoms with van der Waals surface area (Å²) in [5.74, 6) is -0.431. The van der Waals surface area contributed by atoms with Crippen LogP contribution in [0.2, 0.25) is 0 Å². The lowest BCUT2D eigenvalue weighted by Gasteiger charge is -2.12. The molecule has 0 radical (unpaired) electrons. The highest BCUT2D eigenvalue weighted by molar-refractivity contribution is 5.94. The van der Waals surface area contributed by atoms with E-state index in [1.54, 1.807) is 54.6 Å². The molecule has 0 saturated carbocycles. The lowest BCUT2D eigenvalue weighted by atomic mass is 10.1. The van der Waals surface area contributed by atoms with Gasteiger partial charge >= 0.3 is 5.84 Å². The molecule has 0 spiro atoms. The summed E-state index contributed by atoms with van der Waals surface area (Å²) in [6.07, 6.45) is 0.552. The van der Waals surface area contributed by atoms with Crippen molar-refractivity contribution in [1.29, 1.82) is 5.41 Å². The second-order valence-corrected chi connectivity index (χ2v) is 6.17. The Hall–Kier alpha value is -3.53. The number of amidine groups is 1. The normalized spacial score (nSPS) is 11.8. The Balaban J connectivity index is 1.85. The van der Waals surface area contributed by atoms with E-state index in [1.807, 2.05) is 0 Å². The molecule has 0 aliphatic carbocycles. The van der Waals surface area contributed by atoms with E-state index in [1.165, 1.54) is 6.20 Å². The van der Waals surface area contributed by atoms with Gasteiger partial charge in [0.15, 0.2) is 11.5 Å². The predicted molar refractivity (Wildman–Crippen MR) is 108 cm³/mol. The fourth-order valence-corrected chi connectivity index (χ4v) is 2.66. The van der Waals surface area contributed by atoms with E-state index in [0.717, 1.165) is 0 Å². The summed E-state index contributed by atoms with van der Waals surface area (Å²) < 4.78 is 0.441. The molecule has 3 aromatic rings. The number of benzene rings is 2. The van der Waals surface area contributed by atoms with Gasteiger partial charge in [-0.15, -0.1) is 0 Å². The molecule has 1 atom stereocenters. The third kappa shape index (κ3) is 4.66. The van der Waals surface area contributed by atoms with Gasteiger partial charge in [0, 0.05) is 16.9 Å². The van der Waals surface area contributed by atoms with E-state index in [-0.39, 0.29) is 30.4 Å². The van der Waals surface area contributed by atoms with Gasteiger partial charge in [0.1, 0.15) is 6.23 Å². The predicted octanol–water partition coefficient (Wildman–Crippen LogP) is 1.73. The second-order valence-electron chi connectivity index (χ2n) is 6.17. The van der Waals surface area contributed by atoms with Crippen molar-refractivity contribution in [1.82, 2.24) is 15.3 Å². The maximum atomic E-state index is 12.5. The first kappa shape index (κ1) is 20.2. The summed E-state index contributed by atoms with van der Waals surface area (Å²) in [5, 5.41) is 29.8. The highest BCUT2D eigenvalue weighted by Gasteiger charge is 2.26. The summed E-state index contributed by atoms with van der Waals surface area (Å²) in [4.78, 5) is 20.9. The van der Waals surface area contributed by atoms with Gasteiger partial charge in [-0.1, -0.05) is 52.8 Å². The quantitative estimate of drug-likeness (QED) is 0.178. The molecule has 2 aromatic carbocycles. The van der Waals surface area contributed by atoms with Gasteiger partial charge in [-0.3, -0.25) is 5.32 Å². The molecule has 0 aliphatic heterocycles. The summed E-state index contributed by atoms with van der Waals surface area (Å²) >= 11 is 0. The third-order valence-electron chi connectivity index (χ3n) is 4.19. The van der Waals surface area contributed by atoms with E-state index in [4.69, 9.17) is 16.2 Å². The first-order chi connectivity index (χ1) is 14.0. The highest BCUT2D eigenvalue weighted by Crippen LogP contribution is 2.22. The fraction of sp³-hybridized carbons (Fsp3) is 0.150. The van der Waals surface area contributed by atoms with Crippen molar-refractivity contribution in [3.05, 3.63) is 77.0 Å². The molecule has 6 N–H and O–H groups in total. The lowest BCUT2D eigenvalue weighted by Crippen LogP contribution is -2.23. The van der Waals surface area contributed by atoms with Crippen LogP contribution in [0.4, 0.5) is 11.5 Å². The van der Waals surface area contributed by atoms with Gasteiger partial charge in [-0.2, -0.15) is 0 Å². The van der Waals surface area contributed by atoms with Crippen LogP contribution in [0, 0.1) is 10.3 Å². The summed E-state index contributed by atoms with van der Waals surface area (Å²) in [6.45, 7) is 0.190. The highest BCUT2D eigenvalue weighted by atomic mass is 16.3. The Bertz CT molecular complexity index is 1010. The minimum absolute atomic E-state index is 0.0178. The van der Waals surface area contributed by atoms with Crippen LogP contribution in [-0.4, -0.2) is 43.9 Å². The smallest absolute Gasteiger partial charge is 0.388 e. The maximum Gasteiger partial charge on any atom is 0.388 e. The van der Waals surface area contributed by atoms with E-state index in [0.29, 0.717) is 21.6 Å². The monoisotopic (exact) mass is 393 g/mol. The second kappa shape index (κ2) is 9.11. The first-order valence-electron chi connectivity index (χ1n) is 8.87. The molecule has 0 saturated heterocycles. The van der Waals surface area contributed by atoms with Crippen molar-refractivity contribution in [2.45, 2.75) is 6.23 Å². The van der Waals surface area contributed by atoms with Crippen LogP contribution in [0.5, 0.6) is 0 Å². The molecule has 0 bridgehead atoms. The van der Waals surface area contributed by atoms with Crippen LogP contribution in [0.3, 0.4) is 0 Å². The van der Waals surface area contributed by atoms with E-state index >= 15 is 0 Å². The topological polar surface area (TPSA) is 148 Å². The molecule has 9 heteroatoms. The zero-order valence-electron chi connectivity index (χ0n) is 15.5. The van der Waals surface area contributed by atoms with Crippen molar-refractivity contribution in [2.24, 2.45) is 0 Å². The van der Waals surface area contributed by atoms with Crippen LogP contribution in [0.1, 0.15) is 17.5 Å². The molecule has 1 unspecified atom stereocenters. The van der Waals surface area contributed by atoms with Crippen molar-refractivity contribution < 1.29 is 15.0 Å². The summed E-state index contributed by atoms with van der Waals surface area (Å²) in [7, 11) is 0. The number of aliphatic hydroxyl groups excluding tert-OH is 2. The Labute approximate surface area is 167 Å².